The number of hydrogen-bond acceptors (Lipinski definition) is 2. The van der Waals surface area contributed by atoms with Crippen molar-refractivity contribution in [2.45, 2.75) is 0 Å². The summed E-state index contributed by atoms with van der Waals surface area (Å²) in [5.41, 5.74) is 2.54. The van der Waals surface area contributed by atoms with E-state index >= 15 is 0 Å². The van der Waals surface area contributed by atoms with Crippen molar-refractivity contribution in [3.8, 4) is 0 Å². The van der Waals surface area contributed by atoms with E-state index in [4.69, 9.17) is 0 Å². The fourth-order valence-electron chi connectivity index (χ4n) is 1.67. The van der Waals surface area contributed by atoms with Crippen LogP contribution in [-0.4, -0.2) is 14.1 Å². The fraction of sp³-hybridized carbons (Fsp3) is 0.133. The van der Waals surface area contributed by atoms with E-state index in [0.29, 0.717) is 0 Å². The Balaban J connectivity index is 2.23. The van der Waals surface area contributed by atoms with Gasteiger partial charge >= 0.3 is 0 Å². The van der Waals surface area contributed by atoms with Crippen LogP contribution in [0.2, 0.25) is 0 Å². The van der Waals surface area contributed by atoms with Crippen LogP contribution < -0.4 is 10.0 Å². The van der Waals surface area contributed by atoms with E-state index in [1.54, 1.807) is 0 Å². The molecule has 0 aliphatic carbocycles. The van der Waals surface area contributed by atoms with E-state index in [0.717, 1.165) is 16.8 Å². The molecule has 2 heteroatoms. The second-order valence-corrected chi connectivity index (χ2v) is 4.14. The molecular weight excluding hydrogens is 210 g/mol. The van der Waals surface area contributed by atoms with Gasteiger partial charge in [-0.3, -0.25) is 0 Å². The molecule has 0 amide bonds. The van der Waals surface area contributed by atoms with Gasteiger partial charge in [0.1, 0.15) is 0 Å². The number of rotatable bonds is 3. The van der Waals surface area contributed by atoms with Gasteiger partial charge in [0, 0.05) is 19.8 Å². The van der Waals surface area contributed by atoms with Crippen LogP contribution in [0.25, 0.3) is 0 Å². The number of hydrogen-bond donors (Lipinski definition) is 0. The van der Waals surface area contributed by atoms with Crippen LogP contribution in [0.3, 0.4) is 0 Å². The molecule has 0 saturated carbocycles. The SMILES string of the molecule is CN(C)c1ccc([C]([O-])c2ccccc2)cc1. The first kappa shape index (κ1) is 11.7. The van der Waals surface area contributed by atoms with E-state index in [2.05, 4.69) is 0 Å². The largest absolute Gasteiger partial charge is 0.843 e. The van der Waals surface area contributed by atoms with Crippen LogP contribution in [-0.2, 0) is 0 Å². The first-order valence-electron chi connectivity index (χ1n) is 5.55. The molecule has 0 aliphatic heterocycles. The maximum Gasteiger partial charge on any atom is 0.0361 e. The van der Waals surface area contributed by atoms with Crippen molar-refractivity contribution in [2.24, 2.45) is 0 Å². The highest BCUT2D eigenvalue weighted by atomic mass is 16.3. The maximum absolute atomic E-state index is 12.1. The predicted molar refractivity (Wildman–Crippen MR) is 68.7 cm³/mol. The summed E-state index contributed by atoms with van der Waals surface area (Å²) in [6.07, 6.45) is 0.0657. The van der Waals surface area contributed by atoms with E-state index in [1.165, 1.54) is 0 Å². The van der Waals surface area contributed by atoms with Crippen LogP contribution in [0.15, 0.2) is 54.6 Å². The fourth-order valence-corrected chi connectivity index (χ4v) is 1.67. The van der Waals surface area contributed by atoms with Gasteiger partial charge in [0.2, 0.25) is 0 Å². The highest BCUT2D eigenvalue weighted by Gasteiger charge is 2.02. The summed E-state index contributed by atoms with van der Waals surface area (Å²) in [5, 5.41) is 12.1. The zero-order valence-electron chi connectivity index (χ0n) is 10.1. The van der Waals surface area contributed by atoms with Gasteiger partial charge in [0.15, 0.2) is 0 Å². The lowest BCUT2D eigenvalue weighted by atomic mass is 10.0. The van der Waals surface area contributed by atoms with E-state index in [9.17, 15) is 5.11 Å². The summed E-state index contributed by atoms with van der Waals surface area (Å²) in [4.78, 5) is 2.01. The van der Waals surface area contributed by atoms with Crippen LogP contribution in [0.1, 0.15) is 11.1 Å². The van der Waals surface area contributed by atoms with Crippen molar-refractivity contribution in [1.29, 1.82) is 0 Å². The summed E-state index contributed by atoms with van der Waals surface area (Å²) < 4.78 is 0. The van der Waals surface area contributed by atoms with Crippen molar-refractivity contribution in [1.82, 2.24) is 0 Å². The highest BCUT2D eigenvalue weighted by Crippen LogP contribution is 2.20. The lowest BCUT2D eigenvalue weighted by Crippen LogP contribution is -2.18. The van der Waals surface area contributed by atoms with Gasteiger partial charge in [0.05, 0.1) is 0 Å². The lowest BCUT2D eigenvalue weighted by molar-refractivity contribution is -0.333. The molecule has 17 heavy (non-hydrogen) atoms. The summed E-state index contributed by atoms with van der Waals surface area (Å²) in [5.74, 6) is 0. The lowest BCUT2D eigenvalue weighted by Gasteiger charge is -2.23. The minimum atomic E-state index is 0.0657. The van der Waals surface area contributed by atoms with Gasteiger partial charge < -0.3 is 10.0 Å². The number of benzene rings is 2. The third-order valence-electron chi connectivity index (χ3n) is 2.68. The molecule has 2 rings (SSSR count). The second kappa shape index (κ2) is 5.02. The minimum Gasteiger partial charge on any atom is -0.843 e. The van der Waals surface area contributed by atoms with Crippen molar-refractivity contribution in [3.05, 3.63) is 71.8 Å². The Labute approximate surface area is 102 Å². The van der Waals surface area contributed by atoms with Gasteiger partial charge in [-0.2, -0.15) is 0 Å². The summed E-state index contributed by atoms with van der Waals surface area (Å²) >= 11 is 0. The molecule has 0 heterocycles. The van der Waals surface area contributed by atoms with Crippen molar-refractivity contribution < 1.29 is 5.11 Å². The second-order valence-electron chi connectivity index (χ2n) is 4.14. The van der Waals surface area contributed by atoms with E-state index in [1.807, 2.05) is 73.6 Å². The average molecular weight is 225 g/mol. The smallest absolute Gasteiger partial charge is 0.0361 e. The van der Waals surface area contributed by atoms with Gasteiger partial charge in [0.25, 0.3) is 0 Å². The Bertz CT molecular complexity index is 462. The molecule has 0 aromatic heterocycles. The van der Waals surface area contributed by atoms with Crippen LogP contribution >= 0.6 is 0 Å². The monoisotopic (exact) mass is 225 g/mol. The van der Waals surface area contributed by atoms with Crippen molar-refractivity contribution in [3.63, 3.8) is 0 Å². The van der Waals surface area contributed by atoms with E-state index in [-0.39, 0.29) is 6.10 Å². The van der Waals surface area contributed by atoms with Gasteiger partial charge in [-0.1, -0.05) is 59.7 Å². The standard InChI is InChI=1S/C15H15NO/c1-16(2)14-10-8-13(9-11-14)15(17)12-6-4-3-5-7-12/h3-11H,1-2H3/q-1. The molecule has 0 fully saturated rings. The van der Waals surface area contributed by atoms with Crippen molar-refractivity contribution in [2.75, 3.05) is 19.0 Å². The highest BCUT2D eigenvalue weighted by molar-refractivity contribution is 5.50. The molecule has 0 bridgehead atoms. The number of nitrogens with zero attached hydrogens (tertiary/aromatic N) is 1. The molecule has 87 valence electrons. The third kappa shape index (κ3) is 2.66. The zero-order valence-corrected chi connectivity index (χ0v) is 10.1. The van der Waals surface area contributed by atoms with Gasteiger partial charge in [-0.15, -0.1) is 0 Å². The topological polar surface area (TPSA) is 26.3 Å². The molecule has 0 N–H and O–H groups in total. The van der Waals surface area contributed by atoms with Gasteiger partial charge in [-0.05, 0) is 12.1 Å². The molecule has 0 aliphatic rings. The molecular formula is C15H15NO-. The summed E-state index contributed by atoms with van der Waals surface area (Å²) in [6, 6.07) is 17.0. The Morgan fingerprint density at radius 3 is 1.88 bits per heavy atom. The number of anilines is 1. The Morgan fingerprint density at radius 1 is 0.824 bits per heavy atom. The molecule has 2 aromatic rings. The van der Waals surface area contributed by atoms with Crippen LogP contribution in [0.4, 0.5) is 5.69 Å². The average Bonchev–Trinajstić information content (AvgIpc) is 2.39. The Hall–Kier alpha value is -1.80. The van der Waals surface area contributed by atoms with E-state index < -0.39 is 0 Å². The first-order valence-corrected chi connectivity index (χ1v) is 5.55. The van der Waals surface area contributed by atoms with Crippen LogP contribution in [0.5, 0.6) is 0 Å². The molecule has 0 atom stereocenters. The molecule has 2 nitrogen and oxygen atoms in total. The van der Waals surface area contributed by atoms with Crippen LogP contribution in [0, 0.1) is 6.10 Å². The molecule has 2 aromatic carbocycles. The molecule has 0 spiro atoms. The van der Waals surface area contributed by atoms with Gasteiger partial charge in [-0.25, -0.2) is 0 Å². The third-order valence-corrected chi connectivity index (χ3v) is 2.68. The predicted octanol–water partition coefficient (Wildman–Crippen LogP) is 2.04. The Morgan fingerprint density at radius 2 is 1.35 bits per heavy atom. The molecule has 0 saturated heterocycles. The summed E-state index contributed by atoms with van der Waals surface area (Å²) in [7, 11) is 3.96. The molecule has 1 radical (unpaired) electrons. The quantitative estimate of drug-likeness (QED) is 0.799. The normalized spacial score (nSPS) is 10.6. The van der Waals surface area contributed by atoms with Crippen molar-refractivity contribution >= 4 is 5.69 Å². The first-order chi connectivity index (χ1) is 8.18. The minimum absolute atomic E-state index is 0.0657. The molecule has 0 unspecified atom stereocenters. The Kier molecular flexibility index (Phi) is 3.45. The zero-order chi connectivity index (χ0) is 12.3. The summed E-state index contributed by atoms with van der Waals surface area (Å²) in [6.45, 7) is 0. The maximum atomic E-state index is 12.1.